The minimum absolute atomic E-state index is 0.134. The number of benzene rings is 1. The van der Waals surface area contributed by atoms with Crippen molar-refractivity contribution in [2.75, 3.05) is 25.5 Å². The molecule has 1 atom stereocenters. The van der Waals surface area contributed by atoms with Gasteiger partial charge in [-0.3, -0.25) is 9.59 Å². The standard InChI is InChI=1S/C22H28N6O2/c1-4-27-22(30)18-8-6-5-7-17(18)20(25-27)15(2)21(29)24-19-9-12-23-28(19)16-10-13-26(3)14-11-16/h5-9,12,15-16H,4,10-11,13-14H2,1-3H3,(H,24,29)/t15-/m0/s1. The van der Waals surface area contributed by atoms with Gasteiger partial charge < -0.3 is 10.2 Å². The third-order valence-electron chi connectivity index (χ3n) is 5.95. The van der Waals surface area contributed by atoms with Gasteiger partial charge >= 0.3 is 0 Å². The second-order valence-electron chi connectivity index (χ2n) is 7.96. The van der Waals surface area contributed by atoms with Crippen LogP contribution in [0.4, 0.5) is 5.82 Å². The van der Waals surface area contributed by atoms with Crippen LogP contribution in [0.15, 0.2) is 41.3 Å². The molecule has 1 fully saturated rings. The Labute approximate surface area is 175 Å². The molecule has 0 saturated carbocycles. The average molecular weight is 409 g/mol. The summed E-state index contributed by atoms with van der Waals surface area (Å²) in [4.78, 5) is 28.0. The highest BCUT2D eigenvalue weighted by atomic mass is 16.2. The van der Waals surface area contributed by atoms with E-state index in [4.69, 9.17) is 0 Å². The summed E-state index contributed by atoms with van der Waals surface area (Å²) in [6, 6.07) is 9.45. The van der Waals surface area contributed by atoms with Gasteiger partial charge in [-0.05, 0) is 52.9 Å². The molecule has 8 heteroatoms. The largest absolute Gasteiger partial charge is 0.310 e. The van der Waals surface area contributed by atoms with Crippen LogP contribution in [0.5, 0.6) is 0 Å². The fourth-order valence-electron chi connectivity index (χ4n) is 4.10. The van der Waals surface area contributed by atoms with E-state index in [-0.39, 0.29) is 17.5 Å². The maximum absolute atomic E-state index is 13.1. The van der Waals surface area contributed by atoms with Gasteiger partial charge in [0.2, 0.25) is 5.91 Å². The number of likely N-dealkylation sites (tertiary alicyclic amines) is 1. The lowest BCUT2D eigenvalue weighted by Gasteiger charge is -2.30. The van der Waals surface area contributed by atoms with Crippen LogP contribution >= 0.6 is 0 Å². The van der Waals surface area contributed by atoms with E-state index in [0.29, 0.717) is 23.4 Å². The van der Waals surface area contributed by atoms with Crippen molar-refractivity contribution in [1.82, 2.24) is 24.5 Å². The number of hydrogen-bond donors (Lipinski definition) is 1. The molecular formula is C22H28N6O2. The van der Waals surface area contributed by atoms with Crippen molar-refractivity contribution in [2.45, 2.75) is 45.2 Å². The summed E-state index contributed by atoms with van der Waals surface area (Å²) in [5.74, 6) is 0.0206. The third kappa shape index (κ3) is 3.75. The molecule has 0 bridgehead atoms. The van der Waals surface area contributed by atoms with Crippen LogP contribution in [0, 0.1) is 0 Å². The highest BCUT2D eigenvalue weighted by Gasteiger charge is 2.25. The number of aryl methyl sites for hydroxylation is 1. The molecule has 0 radical (unpaired) electrons. The highest BCUT2D eigenvalue weighted by Crippen LogP contribution is 2.27. The fourth-order valence-corrected chi connectivity index (χ4v) is 4.10. The molecule has 1 aromatic carbocycles. The van der Waals surface area contributed by atoms with Gasteiger partial charge in [-0.25, -0.2) is 9.36 Å². The van der Waals surface area contributed by atoms with E-state index in [1.54, 1.807) is 12.3 Å². The van der Waals surface area contributed by atoms with E-state index in [2.05, 4.69) is 27.5 Å². The van der Waals surface area contributed by atoms with Crippen LogP contribution in [0.25, 0.3) is 10.8 Å². The lowest BCUT2D eigenvalue weighted by atomic mass is 10.0. The van der Waals surface area contributed by atoms with E-state index in [1.807, 2.05) is 42.8 Å². The summed E-state index contributed by atoms with van der Waals surface area (Å²) >= 11 is 0. The molecule has 1 saturated heterocycles. The number of nitrogens with zero attached hydrogens (tertiary/aromatic N) is 5. The predicted molar refractivity (Wildman–Crippen MR) is 117 cm³/mol. The number of carbonyl (C=O) groups excluding carboxylic acids is 1. The number of nitrogens with one attached hydrogen (secondary N) is 1. The van der Waals surface area contributed by atoms with Crippen molar-refractivity contribution in [2.24, 2.45) is 0 Å². The van der Waals surface area contributed by atoms with Crippen LogP contribution in [-0.2, 0) is 11.3 Å². The number of aromatic nitrogens is 4. The Bertz CT molecular complexity index is 1110. The number of amides is 1. The van der Waals surface area contributed by atoms with Gasteiger partial charge in [0.15, 0.2) is 0 Å². The molecule has 4 rings (SSSR count). The van der Waals surface area contributed by atoms with E-state index < -0.39 is 5.92 Å². The number of fused-ring (bicyclic) bond motifs is 1. The molecule has 8 nitrogen and oxygen atoms in total. The highest BCUT2D eigenvalue weighted by molar-refractivity contribution is 5.97. The van der Waals surface area contributed by atoms with E-state index in [1.165, 1.54) is 4.68 Å². The predicted octanol–water partition coefficient (Wildman–Crippen LogP) is 2.62. The monoisotopic (exact) mass is 408 g/mol. The first-order valence-corrected chi connectivity index (χ1v) is 10.5. The first-order chi connectivity index (χ1) is 14.5. The van der Waals surface area contributed by atoms with Crippen molar-refractivity contribution in [1.29, 1.82) is 0 Å². The summed E-state index contributed by atoms with van der Waals surface area (Å²) in [5, 5.41) is 13.3. The molecule has 1 aliphatic heterocycles. The van der Waals surface area contributed by atoms with Crippen molar-refractivity contribution < 1.29 is 4.79 Å². The summed E-state index contributed by atoms with van der Waals surface area (Å²) in [6.45, 7) is 6.18. The molecule has 0 spiro atoms. The van der Waals surface area contributed by atoms with Crippen LogP contribution in [0.1, 0.15) is 44.3 Å². The topological polar surface area (TPSA) is 85.1 Å². The van der Waals surface area contributed by atoms with Gasteiger partial charge in [-0.1, -0.05) is 18.2 Å². The minimum Gasteiger partial charge on any atom is -0.310 e. The van der Waals surface area contributed by atoms with Crippen molar-refractivity contribution in [3.8, 4) is 0 Å². The Morgan fingerprint density at radius 3 is 2.60 bits per heavy atom. The number of hydrogen-bond acceptors (Lipinski definition) is 5. The van der Waals surface area contributed by atoms with E-state index >= 15 is 0 Å². The fraction of sp³-hybridized carbons (Fsp3) is 0.455. The first kappa shape index (κ1) is 20.3. The second-order valence-corrected chi connectivity index (χ2v) is 7.96. The van der Waals surface area contributed by atoms with Gasteiger partial charge in [0.05, 0.1) is 29.2 Å². The normalized spacial score (nSPS) is 16.6. The zero-order chi connectivity index (χ0) is 21.3. The Morgan fingerprint density at radius 2 is 1.90 bits per heavy atom. The SMILES string of the molecule is CCn1nc([C@H](C)C(=O)Nc2ccnn2C2CCN(C)CC2)c2ccccc2c1=O. The molecule has 0 unspecified atom stereocenters. The summed E-state index contributed by atoms with van der Waals surface area (Å²) < 4.78 is 3.35. The molecule has 3 aromatic rings. The summed E-state index contributed by atoms with van der Waals surface area (Å²) in [5.41, 5.74) is 0.472. The van der Waals surface area contributed by atoms with Crippen LogP contribution in [-0.4, -0.2) is 50.5 Å². The quantitative estimate of drug-likeness (QED) is 0.702. The van der Waals surface area contributed by atoms with E-state index in [9.17, 15) is 9.59 Å². The maximum atomic E-state index is 13.1. The van der Waals surface area contributed by atoms with Crippen molar-refractivity contribution >= 4 is 22.5 Å². The molecule has 30 heavy (non-hydrogen) atoms. The van der Waals surface area contributed by atoms with Gasteiger partial charge in [0, 0.05) is 18.0 Å². The molecule has 3 heterocycles. The number of carbonyl (C=O) groups is 1. The molecule has 158 valence electrons. The molecule has 1 aliphatic rings. The van der Waals surface area contributed by atoms with Crippen LogP contribution in [0.3, 0.4) is 0 Å². The van der Waals surface area contributed by atoms with Crippen molar-refractivity contribution in [3.63, 3.8) is 0 Å². The van der Waals surface area contributed by atoms with Crippen molar-refractivity contribution in [3.05, 3.63) is 52.6 Å². The lowest BCUT2D eigenvalue weighted by Crippen LogP contribution is -2.33. The zero-order valence-electron chi connectivity index (χ0n) is 17.7. The van der Waals surface area contributed by atoms with Gasteiger partial charge in [-0.2, -0.15) is 10.2 Å². The Morgan fingerprint density at radius 1 is 1.20 bits per heavy atom. The van der Waals surface area contributed by atoms with Gasteiger partial charge in [0.25, 0.3) is 5.56 Å². The van der Waals surface area contributed by atoms with E-state index in [0.717, 1.165) is 31.3 Å². The second kappa shape index (κ2) is 8.39. The Hall–Kier alpha value is -3.00. The summed E-state index contributed by atoms with van der Waals surface area (Å²) in [6.07, 6.45) is 3.73. The number of rotatable bonds is 5. The molecule has 1 N–H and O–H groups in total. The minimum atomic E-state index is -0.519. The maximum Gasteiger partial charge on any atom is 0.274 e. The number of piperidine rings is 1. The van der Waals surface area contributed by atoms with Crippen LogP contribution < -0.4 is 10.9 Å². The smallest absolute Gasteiger partial charge is 0.274 e. The Kier molecular flexibility index (Phi) is 5.67. The first-order valence-electron chi connectivity index (χ1n) is 10.5. The third-order valence-corrected chi connectivity index (χ3v) is 5.95. The van der Waals surface area contributed by atoms with Gasteiger partial charge in [0.1, 0.15) is 5.82 Å². The Balaban J connectivity index is 1.61. The summed E-state index contributed by atoms with van der Waals surface area (Å²) in [7, 11) is 2.12. The molecular weight excluding hydrogens is 380 g/mol. The van der Waals surface area contributed by atoms with Gasteiger partial charge in [-0.15, -0.1) is 0 Å². The average Bonchev–Trinajstić information content (AvgIpc) is 3.22. The molecule has 2 aromatic heterocycles. The zero-order valence-corrected chi connectivity index (χ0v) is 17.7. The molecule has 0 aliphatic carbocycles. The molecule has 1 amide bonds. The lowest BCUT2D eigenvalue weighted by molar-refractivity contribution is -0.117. The number of anilines is 1. The van der Waals surface area contributed by atoms with Crippen LogP contribution in [0.2, 0.25) is 0 Å².